The van der Waals surface area contributed by atoms with Crippen molar-refractivity contribution in [1.29, 1.82) is 0 Å². The number of carbonyl (C=O) groups is 1. The largest absolute Gasteiger partial charge is 0.393 e. The minimum atomic E-state index is -1.04. The second-order valence-electron chi connectivity index (χ2n) is 5.14. The molecule has 1 heterocycles. The van der Waals surface area contributed by atoms with Gasteiger partial charge in [0, 0.05) is 23.5 Å². The number of aliphatic hydroxyl groups excluding tert-OH is 1. The molecule has 1 aromatic carbocycles. The molecule has 0 saturated carbocycles. The van der Waals surface area contributed by atoms with Crippen LogP contribution < -0.4 is 0 Å². The average molecular weight is 348 g/mol. The molecule has 1 saturated heterocycles. The highest BCUT2D eigenvalue weighted by Crippen LogP contribution is 2.25. The van der Waals surface area contributed by atoms with Gasteiger partial charge >= 0.3 is 0 Å². The minimum Gasteiger partial charge on any atom is -0.393 e. The SMILES string of the molecule is CC(O)C1CCCN(C(=O)c2cc(F)c(F)cc2Br)C1. The van der Waals surface area contributed by atoms with Crippen LogP contribution in [-0.4, -0.2) is 35.1 Å². The van der Waals surface area contributed by atoms with Crippen molar-refractivity contribution >= 4 is 21.8 Å². The zero-order chi connectivity index (χ0) is 14.9. The van der Waals surface area contributed by atoms with E-state index in [2.05, 4.69) is 15.9 Å². The quantitative estimate of drug-likeness (QED) is 0.835. The topological polar surface area (TPSA) is 40.5 Å². The fourth-order valence-electron chi connectivity index (χ4n) is 2.44. The number of aliphatic hydroxyl groups is 1. The van der Waals surface area contributed by atoms with E-state index in [4.69, 9.17) is 0 Å². The molecular weight excluding hydrogens is 332 g/mol. The van der Waals surface area contributed by atoms with Gasteiger partial charge in [0.05, 0.1) is 11.7 Å². The first-order valence-corrected chi connectivity index (χ1v) is 7.31. The Bertz CT molecular complexity index is 522. The monoisotopic (exact) mass is 347 g/mol. The van der Waals surface area contributed by atoms with Gasteiger partial charge in [-0.25, -0.2) is 8.78 Å². The third kappa shape index (κ3) is 3.17. The van der Waals surface area contributed by atoms with E-state index < -0.39 is 17.7 Å². The van der Waals surface area contributed by atoms with Crippen molar-refractivity contribution in [3.05, 3.63) is 33.8 Å². The lowest BCUT2D eigenvalue weighted by atomic mass is 9.93. The van der Waals surface area contributed by atoms with Gasteiger partial charge in [-0.2, -0.15) is 0 Å². The lowest BCUT2D eigenvalue weighted by molar-refractivity contribution is 0.0465. The molecule has 2 rings (SSSR count). The fourth-order valence-corrected chi connectivity index (χ4v) is 2.93. The average Bonchev–Trinajstić information content (AvgIpc) is 2.42. The molecule has 3 nitrogen and oxygen atoms in total. The predicted molar refractivity (Wildman–Crippen MR) is 74.4 cm³/mol. The molecule has 1 aliphatic rings. The van der Waals surface area contributed by atoms with Crippen molar-refractivity contribution in [1.82, 2.24) is 4.90 Å². The molecule has 110 valence electrons. The summed E-state index contributed by atoms with van der Waals surface area (Å²) in [6.45, 7) is 2.70. The summed E-state index contributed by atoms with van der Waals surface area (Å²) in [5, 5.41) is 9.63. The summed E-state index contributed by atoms with van der Waals surface area (Å²) in [5.74, 6) is -2.35. The van der Waals surface area contributed by atoms with Gasteiger partial charge in [-0.05, 0) is 47.8 Å². The maximum Gasteiger partial charge on any atom is 0.255 e. The highest BCUT2D eigenvalue weighted by atomic mass is 79.9. The predicted octanol–water partition coefficient (Wildman–Crippen LogP) is 2.96. The molecule has 1 amide bonds. The Morgan fingerprint density at radius 2 is 2.10 bits per heavy atom. The molecule has 0 bridgehead atoms. The molecule has 0 radical (unpaired) electrons. The molecule has 2 unspecified atom stereocenters. The molecule has 1 aliphatic heterocycles. The van der Waals surface area contributed by atoms with Crippen LogP contribution in [0.4, 0.5) is 8.78 Å². The van der Waals surface area contributed by atoms with E-state index in [0.717, 1.165) is 25.0 Å². The number of nitrogens with zero attached hydrogens (tertiary/aromatic N) is 1. The number of halogens is 3. The lowest BCUT2D eigenvalue weighted by Gasteiger charge is -2.34. The summed E-state index contributed by atoms with van der Waals surface area (Å²) in [7, 11) is 0. The third-order valence-corrected chi connectivity index (χ3v) is 4.32. The normalized spacial score (nSPS) is 20.9. The smallest absolute Gasteiger partial charge is 0.255 e. The Hall–Kier alpha value is -1.01. The van der Waals surface area contributed by atoms with E-state index in [0.29, 0.717) is 13.1 Å². The first kappa shape index (κ1) is 15.4. The first-order valence-electron chi connectivity index (χ1n) is 6.52. The highest BCUT2D eigenvalue weighted by Gasteiger charge is 2.28. The summed E-state index contributed by atoms with van der Waals surface area (Å²) >= 11 is 3.09. The zero-order valence-electron chi connectivity index (χ0n) is 11.1. The van der Waals surface area contributed by atoms with Gasteiger partial charge in [0.2, 0.25) is 0 Å². The summed E-state index contributed by atoms with van der Waals surface area (Å²) in [6, 6.07) is 1.87. The number of piperidine rings is 1. The van der Waals surface area contributed by atoms with E-state index >= 15 is 0 Å². The van der Waals surface area contributed by atoms with Gasteiger partial charge < -0.3 is 10.0 Å². The van der Waals surface area contributed by atoms with E-state index in [1.165, 1.54) is 0 Å². The van der Waals surface area contributed by atoms with Gasteiger partial charge in [-0.1, -0.05) is 0 Å². The van der Waals surface area contributed by atoms with Crippen LogP contribution in [0.25, 0.3) is 0 Å². The Labute approximate surface area is 124 Å². The number of likely N-dealkylation sites (tertiary alicyclic amines) is 1. The molecule has 6 heteroatoms. The molecule has 0 aliphatic carbocycles. The van der Waals surface area contributed by atoms with Crippen LogP contribution in [0.3, 0.4) is 0 Å². The Morgan fingerprint density at radius 1 is 1.45 bits per heavy atom. The standard InChI is InChI=1S/C14H16BrF2NO2/c1-8(19)9-3-2-4-18(7-9)14(20)10-5-12(16)13(17)6-11(10)15/h5-6,8-9,19H,2-4,7H2,1H3. The number of hydrogen-bond acceptors (Lipinski definition) is 2. The summed E-state index contributed by atoms with van der Waals surface area (Å²) in [6.07, 6.45) is 1.17. The summed E-state index contributed by atoms with van der Waals surface area (Å²) in [4.78, 5) is 14.0. The van der Waals surface area contributed by atoms with Crippen molar-refractivity contribution in [2.75, 3.05) is 13.1 Å². The first-order chi connectivity index (χ1) is 9.40. The Morgan fingerprint density at radius 3 is 2.75 bits per heavy atom. The van der Waals surface area contributed by atoms with E-state index in [9.17, 15) is 18.7 Å². The number of amides is 1. The number of hydrogen-bond donors (Lipinski definition) is 1. The molecule has 0 spiro atoms. The van der Waals surface area contributed by atoms with Crippen molar-refractivity contribution in [2.24, 2.45) is 5.92 Å². The van der Waals surface area contributed by atoms with Crippen LogP contribution >= 0.6 is 15.9 Å². The molecule has 1 aromatic rings. The maximum absolute atomic E-state index is 13.3. The third-order valence-electron chi connectivity index (χ3n) is 3.67. The summed E-state index contributed by atoms with van der Waals surface area (Å²) < 4.78 is 26.6. The number of carbonyl (C=O) groups excluding carboxylic acids is 1. The Kier molecular flexibility index (Phi) is 4.75. The molecule has 1 fully saturated rings. The highest BCUT2D eigenvalue weighted by molar-refractivity contribution is 9.10. The molecule has 1 N–H and O–H groups in total. The van der Waals surface area contributed by atoms with Gasteiger partial charge in [0.25, 0.3) is 5.91 Å². The number of benzene rings is 1. The molecule has 20 heavy (non-hydrogen) atoms. The van der Waals surface area contributed by atoms with Gasteiger partial charge in [0.15, 0.2) is 11.6 Å². The fraction of sp³-hybridized carbons (Fsp3) is 0.500. The van der Waals surface area contributed by atoms with Crippen LogP contribution in [0.15, 0.2) is 16.6 Å². The zero-order valence-corrected chi connectivity index (χ0v) is 12.7. The second kappa shape index (κ2) is 6.18. The van der Waals surface area contributed by atoms with Gasteiger partial charge in [-0.15, -0.1) is 0 Å². The van der Waals surface area contributed by atoms with Crippen LogP contribution in [0.5, 0.6) is 0 Å². The number of rotatable bonds is 2. The van der Waals surface area contributed by atoms with Crippen molar-refractivity contribution < 1.29 is 18.7 Å². The summed E-state index contributed by atoms with van der Waals surface area (Å²) in [5.41, 5.74) is 0.107. The van der Waals surface area contributed by atoms with Crippen molar-refractivity contribution in [3.63, 3.8) is 0 Å². The van der Waals surface area contributed by atoms with Gasteiger partial charge in [0.1, 0.15) is 0 Å². The van der Waals surface area contributed by atoms with E-state index in [-0.39, 0.29) is 21.9 Å². The lowest BCUT2D eigenvalue weighted by Crippen LogP contribution is -2.43. The maximum atomic E-state index is 13.3. The molecule has 0 aromatic heterocycles. The van der Waals surface area contributed by atoms with Crippen LogP contribution in [0.1, 0.15) is 30.1 Å². The van der Waals surface area contributed by atoms with Crippen molar-refractivity contribution in [3.8, 4) is 0 Å². The molecular formula is C14H16BrF2NO2. The minimum absolute atomic E-state index is 0.0248. The molecule has 2 atom stereocenters. The second-order valence-corrected chi connectivity index (χ2v) is 5.99. The van der Waals surface area contributed by atoms with Crippen LogP contribution in [-0.2, 0) is 0 Å². The van der Waals surface area contributed by atoms with Crippen LogP contribution in [0.2, 0.25) is 0 Å². The van der Waals surface area contributed by atoms with Crippen LogP contribution in [0, 0.1) is 17.6 Å². The van der Waals surface area contributed by atoms with Gasteiger partial charge in [-0.3, -0.25) is 4.79 Å². The Balaban J connectivity index is 2.21. The van der Waals surface area contributed by atoms with E-state index in [1.807, 2.05) is 0 Å². The van der Waals surface area contributed by atoms with E-state index in [1.54, 1.807) is 11.8 Å². The van der Waals surface area contributed by atoms with Crippen molar-refractivity contribution in [2.45, 2.75) is 25.9 Å².